The minimum atomic E-state index is -3.48. The van der Waals surface area contributed by atoms with E-state index in [0.717, 1.165) is 25.1 Å². The first-order chi connectivity index (χ1) is 11.9. The summed E-state index contributed by atoms with van der Waals surface area (Å²) in [5, 5.41) is 0. The molecule has 1 aliphatic heterocycles. The third-order valence-corrected chi connectivity index (χ3v) is 6.72. The molecule has 1 N–H and O–H groups in total. The highest BCUT2D eigenvalue weighted by Gasteiger charge is 2.21. The molecule has 0 amide bonds. The van der Waals surface area contributed by atoms with Gasteiger partial charge in [0.15, 0.2) is 0 Å². The van der Waals surface area contributed by atoms with Crippen LogP contribution in [-0.2, 0) is 10.0 Å². The van der Waals surface area contributed by atoms with Crippen molar-refractivity contribution in [3.63, 3.8) is 0 Å². The lowest BCUT2D eigenvalue weighted by atomic mass is 10.00. The molecule has 0 radical (unpaired) electrons. The summed E-state index contributed by atoms with van der Waals surface area (Å²) in [6.45, 7) is 8.47. The Morgan fingerprint density at radius 1 is 1.24 bits per heavy atom. The Kier molecular flexibility index (Phi) is 7.28. The van der Waals surface area contributed by atoms with Gasteiger partial charge in [-0.15, -0.1) is 0 Å². The minimum Gasteiger partial charge on any atom is -0.496 e. The van der Waals surface area contributed by atoms with Crippen LogP contribution in [0.5, 0.6) is 5.75 Å². The summed E-state index contributed by atoms with van der Waals surface area (Å²) in [6, 6.07) is 4.13. The predicted molar refractivity (Wildman–Crippen MR) is 102 cm³/mol. The molecule has 142 valence electrons. The van der Waals surface area contributed by atoms with E-state index in [-0.39, 0.29) is 0 Å². The Balaban J connectivity index is 1.92. The normalized spacial score (nSPS) is 19.1. The van der Waals surface area contributed by atoms with Crippen LogP contribution in [0.4, 0.5) is 0 Å². The van der Waals surface area contributed by atoms with Crippen LogP contribution in [0.15, 0.2) is 17.0 Å². The number of aryl methyl sites for hydroxylation is 2. The highest BCUT2D eigenvalue weighted by Crippen LogP contribution is 2.25. The molecule has 1 heterocycles. The molecule has 1 saturated heterocycles. The van der Waals surface area contributed by atoms with E-state index in [1.807, 2.05) is 6.92 Å². The molecule has 0 bridgehead atoms. The van der Waals surface area contributed by atoms with Crippen LogP contribution in [0, 0.1) is 13.8 Å². The Bertz CT molecular complexity index is 673. The number of sulfonamides is 1. The number of hydrogen-bond acceptors (Lipinski definition) is 4. The zero-order valence-corrected chi connectivity index (χ0v) is 16.8. The van der Waals surface area contributed by atoms with Crippen molar-refractivity contribution in [2.45, 2.75) is 63.8 Å². The molecule has 1 atom stereocenters. The second-order valence-electron chi connectivity index (χ2n) is 6.93. The Morgan fingerprint density at radius 2 is 2.00 bits per heavy atom. The summed E-state index contributed by atoms with van der Waals surface area (Å²) in [5.74, 6) is 0.715. The first kappa shape index (κ1) is 20.2. The smallest absolute Gasteiger partial charge is 0.240 e. The third kappa shape index (κ3) is 5.19. The van der Waals surface area contributed by atoms with Crippen molar-refractivity contribution in [2.24, 2.45) is 0 Å². The number of nitrogens with zero attached hydrogens (tertiary/aromatic N) is 1. The van der Waals surface area contributed by atoms with E-state index in [4.69, 9.17) is 4.74 Å². The number of rotatable bonds is 8. The quantitative estimate of drug-likeness (QED) is 0.716. The molecule has 1 aromatic carbocycles. The fourth-order valence-corrected chi connectivity index (χ4v) is 5.04. The van der Waals surface area contributed by atoms with Gasteiger partial charge in [-0.05, 0) is 75.9 Å². The monoisotopic (exact) mass is 368 g/mol. The maximum atomic E-state index is 12.6. The second kappa shape index (κ2) is 9.01. The summed E-state index contributed by atoms with van der Waals surface area (Å²) < 4.78 is 33.2. The first-order valence-corrected chi connectivity index (χ1v) is 10.8. The van der Waals surface area contributed by atoms with Crippen molar-refractivity contribution < 1.29 is 13.2 Å². The maximum absolute atomic E-state index is 12.6. The van der Waals surface area contributed by atoms with Gasteiger partial charge in [-0.2, -0.15) is 0 Å². The summed E-state index contributed by atoms with van der Waals surface area (Å²) >= 11 is 0. The van der Waals surface area contributed by atoms with Gasteiger partial charge in [0.2, 0.25) is 10.0 Å². The van der Waals surface area contributed by atoms with Crippen molar-refractivity contribution >= 4 is 10.0 Å². The van der Waals surface area contributed by atoms with E-state index < -0.39 is 10.0 Å². The highest BCUT2D eigenvalue weighted by atomic mass is 32.2. The number of hydrogen-bond donors (Lipinski definition) is 1. The molecular formula is C19H32N2O3S. The van der Waals surface area contributed by atoms with E-state index >= 15 is 0 Å². The number of methoxy groups -OCH3 is 1. The van der Waals surface area contributed by atoms with Gasteiger partial charge in [-0.3, -0.25) is 0 Å². The Labute approximate surface area is 152 Å². The van der Waals surface area contributed by atoms with Gasteiger partial charge in [-0.1, -0.05) is 13.3 Å². The average Bonchev–Trinajstić information content (AvgIpc) is 2.60. The summed E-state index contributed by atoms with van der Waals surface area (Å²) in [5.41, 5.74) is 1.53. The zero-order valence-electron chi connectivity index (χ0n) is 16.0. The molecule has 1 aliphatic rings. The largest absolute Gasteiger partial charge is 0.496 e. The fraction of sp³-hybridized carbons (Fsp3) is 0.684. The molecule has 0 spiro atoms. The molecule has 2 rings (SSSR count). The van der Waals surface area contributed by atoms with Gasteiger partial charge in [0.05, 0.1) is 12.0 Å². The summed E-state index contributed by atoms with van der Waals surface area (Å²) in [4.78, 5) is 2.86. The van der Waals surface area contributed by atoms with Gasteiger partial charge >= 0.3 is 0 Å². The standard InChI is InChI=1S/C19H32N2O3S/c1-5-17-9-6-7-11-21(17)12-8-10-20-25(22,23)19-14-15(2)18(24-4)13-16(19)3/h13-14,17,20H,5-12H2,1-4H3/t17-/m1/s1. The lowest BCUT2D eigenvalue weighted by molar-refractivity contribution is 0.143. The van der Waals surface area contributed by atoms with Crippen molar-refractivity contribution in [3.05, 3.63) is 23.3 Å². The van der Waals surface area contributed by atoms with Crippen LogP contribution in [0.1, 0.15) is 50.2 Å². The average molecular weight is 369 g/mol. The van der Waals surface area contributed by atoms with Crippen LogP contribution in [-0.4, -0.2) is 46.1 Å². The van der Waals surface area contributed by atoms with Crippen molar-refractivity contribution in [1.82, 2.24) is 9.62 Å². The number of piperidine rings is 1. The molecule has 5 nitrogen and oxygen atoms in total. The van der Waals surface area contributed by atoms with Gasteiger partial charge in [-0.25, -0.2) is 13.1 Å². The lowest BCUT2D eigenvalue weighted by Crippen LogP contribution is -2.40. The molecule has 0 saturated carbocycles. The van der Waals surface area contributed by atoms with Gasteiger partial charge < -0.3 is 9.64 Å². The molecule has 0 aromatic heterocycles. The van der Waals surface area contributed by atoms with Crippen LogP contribution in [0.25, 0.3) is 0 Å². The second-order valence-corrected chi connectivity index (χ2v) is 8.67. The van der Waals surface area contributed by atoms with Crippen molar-refractivity contribution in [1.29, 1.82) is 0 Å². The number of nitrogens with one attached hydrogen (secondary N) is 1. The van der Waals surface area contributed by atoms with Crippen LogP contribution >= 0.6 is 0 Å². The van der Waals surface area contributed by atoms with Crippen LogP contribution in [0.3, 0.4) is 0 Å². The molecule has 1 aromatic rings. The molecule has 1 fully saturated rings. The van der Waals surface area contributed by atoms with Gasteiger partial charge in [0.1, 0.15) is 5.75 Å². The number of benzene rings is 1. The zero-order chi connectivity index (χ0) is 18.4. The summed E-state index contributed by atoms with van der Waals surface area (Å²) in [6.07, 6.45) is 5.86. The molecule has 0 aliphatic carbocycles. The summed E-state index contributed by atoms with van der Waals surface area (Å²) in [7, 11) is -1.89. The third-order valence-electron chi connectivity index (χ3n) is 5.12. The minimum absolute atomic E-state index is 0.343. The molecule has 6 heteroatoms. The number of ether oxygens (including phenoxy) is 1. The molecule has 25 heavy (non-hydrogen) atoms. The fourth-order valence-electron chi connectivity index (χ4n) is 3.66. The highest BCUT2D eigenvalue weighted by molar-refractivity contribution is 7.89. The van der Waals surface area contributed by atoms with E-state index in [1.165, 1.54) is 25.7 Å². The lowest BCUT2D eigenvalue weighted by Gasteiger charge is -2.35. The van der Waals surface area contributed by atoms with E-state index in [1.54, 1.807) is 26.2 Å². The maximum Gasteiger partial charge on any atom is 0.240 e. The number of likely N-dealkylation sites (tertiary alicyclic amines) is 1. The van der Waals surface area contributed by atoms with Crippen molar-refractivity contribution in [2.75, 3.05) is 26.7 Å². The van der Waals surface area contributed by atoms with Gasteiger partial charge in [0, 0.05) is 12.6 Å². The van der Waals surface area contributed by atoms with E-state index in [2.05, 4.69) is 16.5 Å². The predicted octanol–water partition coefficient (Wildman–Crippen LogP) is 3.24. The molecular weight excluding hydrogens is 336 g/mol. The Hall–Kier alpha value is -1.11. The SMILES string of the molecule is CC[C@@H]1CCCCN1CCCNS(=O)(=O)c1cc(C)c(OC)cc1C. The van der Waals surface area contributed by atoms with Crippen LogP contribution in [0.2, 0.25) is 0 Å². The van der Waals surface area contributed by atoms with E-state index in [9.17, 15) is 8.42 Å². The Morgan fingerprint density at radius 3 is 2.68 bits per heavy atom. The van der Waals surface area contributed by atoms with Gasteiger partial charge in [0.25, 0.3) is 0 Å². The first-order valence-electron chi connectivity index (χ1n) is 9.28. The van der Waals surface area contributed by atoms with Crippen LogP contribution < -0.4 is 9.46 Å². The molecule has 0 unspecified atom stereocenters. The van der Waals surface area contributed by atoms with Crippen molar-refractivity contribution in [3.8, 4) is 5.75 Å². The topological polar surface area (TPSA) is 58.6 Å². The van der Waals surface area contributed by atoms with E-state index in [0.29, 0.717) is 28.8 Å².